The predicted octanol–water partition coefficient (Wildman–Crippen LogP) is 1.72. The van der Waals surface area contributed by atoms with Crippen molar-refractivity contribution in [2.24, 2.45) is 0 Å². The molecule has 0 bridgehead atoms. The molecule has 1 aromatic heterocycles. The molecule has 108 valence electrons. The summed E-state index contributed by atoms with van der Waals surface area (Å²) < 4.78 is 1.44. The number of hydrogen-bond acceptors (Lipinski definition) is 4. The van der Waals surface area contributed by atoms with Crippen molar-refractivity contribution in [3.63, 3.8) is 0 Å². The third-order valence-corrected chi connectivity index (χ3v) is 3.75. The van der Waals surface area contributed by atoms with Crippen LogP contribution in [-0.2, 0) is 11.3 Å². The van der Waals surface area contributed by atoms with Gasteiger partial charge in [-0.2, -0.15) is 5.26 Å². The van der Waals surface area contributed by atoms with Gasteiger partial charge in [-0.1, -0.05) is 19.3 Å². The first kappa shape index (κ1) is 14.5. The fourth-order valence-corrected chi connectivity index (χ4v) is 2.91. The van der Waals surface area contributed by atoms with Crippen LogP contribution in [0.2, 0.25) is 0 Å². The highest BCUT2D eigenvalue weighted by Crippen LogP contribution is 2.24. The maximum atomic E-state index is 12.5. The molecule has 20 heavy (non-hydrogen) atoms. The monoisotopic (exact) mass is 275 g/mol. The van der Waals surface area contributed by atoms with E-state index in [0.29, 0.717) is 6.04 Å². The summed E-state index contributed by atoms with van der Waals surface area (Å²) in [5, 5.41) is 12.7. The molecule has 0 unspecified atom stereocenters. The molecule has 1 aliphatic rings. The lowest BCUT2D eigenvalue weighted by Gasteiger charge is -2.37. The Balaban J connectivity index is 2.04. The van der Waals surface area contributed by atoms with Crippen molar-refractivity contribution >= 4 is 5.91 Å². The number of nitrogens with zero attached hydrogens (tertiary/aromatic N) is 5. The summed E-state index contributed by atoms with van der Waals surface area (Å²) in [5.41, 5.74) is 0. The predicted molar refractivity (Wildman–Crippen MR) is 73.6 cm³/mol. The number of hydrogen-bond donors (Lipinski definition) is 0. The van der Waals surface area contributed by atoms with E-state index in [1.807, 2.05) is 11.0 Å². The topological polar surface area (TPSA) is 74.8 Å². The molecule has 0 aliphatic heterocycles. The minimum atomic E-state index is 0.0567. The number of amides is 1. The molecule has 0 saturated heterocycles. The van der Waals surface area contributed by atoms with Crippen LogP contribution < -0.4 is 0 Å². The van der Waals surface area contributed by atoms with E-state index in [1.165, 1.54) is 30.3 Å². The summed E-state index contributed by atoms with van der Waals surface area (Å²) in [5.74, 6) is 0.160. The highest BCUT2D eigenvalue weighted by atomic mass is 16.2. The summed E-state index contributed by atoms with van der Waals surface area (Å²) in [4.78, 5) is 18.3. The van der Waals surface area contributed by atoms with E-state index >= 15 is 0 Å². The fourth-order valence-electron chi connectivity index (χ4n) is 2.91. The molecular formula is C14H21N5O. The van der Waals surface area contributed by atoms with Gasteiger partial charge in [0, 0.05) is 12.1 Å². The zero-order chi connectivity index (χ0) is 14.5. The van der Waals surface area contributed by atoms with Crippen molar-refractivity contribution in [2.45, 2.75) is 64.6 Å². The van der Waals surface area contributed by atoms with Crippen molar-refractivity contribution < 1.29 is 4.79 Å². The Labute approximate surface area is 119 Å². The van der Waals surface area contributed by atoms with Gasteiger partial charge in [-0.05, 0) is 26.7 Å². The second-order valence-corrected chi connectivity index (χ2v) is 5.56. The molecule has 0 aromatic carbocycles. The minimum Gasteiger partial charge on any atom is -0.336 e. The zero-order valence-corrected chi connectivity index (χ0v) is 12.1. The Bertz CT molecular complexity index is 496. The lowest BCUT2D eigenvalue weighted by molar-refractivity contribution is -0.137. The summed E-state index contributed by atoms with van der Waals surface area (Å²) in [6.07, 6.45) is 7.28. The van der Waals surface area contributed by atoms with Crippen molar-refractivity contribution in [1.29, 1.82) is 5.26 Å². The molecule has 6 heteroatoms. The zero-order valence-electron chi connectivity index (χ0n) is 12.1. The Morgan fingerprint density at radius 2 is 2.20 bits per heavy atom. The van der Waals surface area contributed by atoms with Gasteiger partial charge >= 0.3 is 0 Å². The van der Waals surface area contributed by atoms with E-state index in [-0.39, 0.29) is 24.3 Å². The third kappa shape index (κ3) is 3.35. The highest BCUT2D eigenvalue weighted by molar-refractivity contribution is 5.76. The van der Waals surface area contributed by atoms with Crippen molar-refractivity contribution in [3.8, 4) is 6.07 Å². The molecular weight excluding hydrogens is 254 g/mol. The highest BCUT2D eigenvalue weighted by Gasteiger charge is 2.27. The van der Waals surface area contributed by atoms with Gasteiger partial charge in [0.1, 0.15) is 18.9 Å². The molecule has 1 amide bonds. The standard InChI is InChI=1S/C14H21N5O/c1-11(2)19(12-6-4-3-5-7-12)14(20)9-18-10-16-13(8-15)17-18/h10-12H,3-7,9H2,1-2H3. The Morgan fingerprint density at radius 1 is 1.50 bits per heavy atom. The molecule has 1 fully saturated rings. The smallest absolute Gasteiger partial charge is 0.252 e. The molecule has 2 rings (SSSR count). The largest absolute Gasteiger partial charge is 0.336 e. The maximum absolute atomic E-state index is 12.5. The normalized spacial score (nSPS) is 16.1. The van der Waals surface area contributed by atoms with Crippen LogP contribution >= 0.6 is 0 Å². The van der Waals surface area contributed by atoms with Gasteiger partial charge in [-0.3, -0.25) is 4.79 Å². The SMILES string of the molecule is CC(C)N(C(=O)Cn1cnc(C#N)n1)C1CCCCC1. The molecule has 1 heterocycles. The fraction of sp³-hybridized carbons (Fsp3) is 0.714. The van der Waals surface area contributed by atoms with E-state index in [0.717, 1.165) is 12.8 Å². The van der Waals surface area contributed by atoms with Crippen molar-refractivity contribution in [3.05, 3.63) is 12.2 Å². The van der Waals surface area contributed by atoms with E-state index in [4.69, 9.17) is 5.26 Å². The van der Waals surface area contributed by atoms with Gasteiger partial charge in [0.05, 0.1) is 0 Å². The molecule has 1 aromatic rings. The van der Waals surface area contributed by atoms with Gasteiger partial charge in [-0.15, -0.1) is 5.10 Å². The van der Waals surface area contributed by atoms with Crippen LogP contribution in [0.4, 0.5) is 0 Å². The molecule has 0 radical (unpaired) electrons. The lowest BCUT2D eigenvalue weighted by atomic mass is 9.93. The molecule has 6 nitrogen and oxygen atoms in total. The number of carbonyl (C=O) groups excluding carboxylic acids is 1. The number of rotatable bonds is 4. The van der Waals surface area contributed by atoms with Crippen LogP contribution in [0, 0.1) is 11.3 Å². The van der Waals surface area contributed by atoms with E-state index in [2.05, 4.69) is 23.9 Å². The van der Waals surface area contributed by atoms with Gasteiger partial charge in [0.15, 0.2) is 0 Å². The number of nitriles is 1. The van der Waals surface area contributed by atoms with Gasteiger partial charge < -0.3 is 4.90 Å². The average Bonchev–Trinajstić information content (AvgIpc) is 2.87. The Kier molecular flexibility index (Phi) is 4.72. The summed E-state index contributed by atoms with van der Waals surface area (Å²) in [6, 6.07) is 2.40. The van der Waals surface area contributed by atoms with Crippen LogP contribution in [0.1, 0.15) is 51.8 Å². The first-order chi connectivity index (χ1) is 9.61. The molecule has 0 N–H and O–H groups in total. The summed E-state index contributed by atoms with van der Waals surface area (Å²) >= 11 is 0. The second-order valence-electron chi connectivity index (χ2n) is 5.56. The van der Waals surface area contributed by atoms with Crippen LogP contribution in [0.5, 0.6) is 0 Å². The van der Waals surface area contributed by atoms with E-state index in [9.17, 15) is 4.79 Å². The molecule has 0 atom stereocenters. The van der Waals surface area contributed by atoms with Crippen LogP contribution in [0.15, 0.2) is 6.33 Å². The number of carbonyl (C=O) groups is 1. The number of aromatic nitrogens is 3. The van der Waals surface area contributed by atoms with E-state index in [1.54, 1.807) is 0 Å². The summed E-state index contributed by atoms with van der Waals surface area (Å²) in [6.45, 7) is 4.26. The quantitative estimate of drug-likeness (QED) is 0.838. The Hall–Kier alpha value is -1.90. The molecule has 1 aliphatic carbocycles. The first-order valence-electron chi connectivity index (χ1n) is 7.22. The average molecular weight is 275 g/mol. The third-order valence-electron chi connectivity index (χ3n) is 3.75. The summed E-state index contributed by atoms with van der Waals surface area (Å²) in [7, 11) is 0. The lowest BCUT2D eigenvalue weighted by Crippen LogP contribution is -2.47. The van der Waals surface area contributed by atoms with Gasteiger partial charge in [0.2, 0.25) is 5.91 Å². The van der Waals surface area contributed by atoms with Gasteiger partial charge in [-0.25, -0.2) is 9.67 Å². The van der Waals surface area contributed by atoms with Crippen LogP contribution in [0.3, 0.4) is 0 Å². The van der Waals surface area contributed by atoms with E-state index < -0.39 is 0 Å². The van der Waals surface area contributed by atoms with Crippen LogP contribution in [0.25, 0.3) is 0 Å². The maximum Gasteiger partial charge on any atom is 0.252 e. The first-order valence-corrected chi connectivity index (χ1v) is 7.22. The molecule has 1 saturated carbocycles. The Morgan fingerprint density at radius 3 is 2.75 bits per heavy atom. The minimum absolute atomic E-state index is 0.0567. The van der Waals surface area contributed by atoms with Crippen molar-refractivity contribution in [2.75, 3.05) is 0 Å². The van der Waals surface area contributed by atoms with Crippen LogP contribution in [-0.4, -0.2) is 37.7 Å². The van der Waals surface area contributed by atoms with Gasteiger partial charge in [0.25, 0.3) is 5.82 Å². The van der Waals surface area contributed by atoms with Crippen molar-refractivity contribution in [1.82, 2.24) is 19.7 Å². The molecule has 0 spiro atoms. The second kappa shape index (κ2) is 6.51.